The summed E-state index contributed by atoms with van der Waals surface area (Å²) in [7, 11) is 0. The molecule has 2 heterocycles. The van der Waals surface area contributed by atoms with Crippen LogP contribution in [0.15, 0.2) is 34.2 Å². The summed E-state index contributed by atoms with van der Waals surface area (Å²) in [5, 5.41) is 3.06. The van der Waals surface area contributed by atoms with Crippen molar-refractivity contribution in [2.24, 2.45) is 0 Å². The van der Waals surface area contributed by atoms with E-state index in [0.717, 1.165) is 11.8 Å². The fourth-order valence-corrected chi connectivity index (χ4v) is 2.91. The molecule has 1 aromatic heterocycles. The first-order chi connectivity index (χ1) is 11.0. The van der Waals surface area contributed by atoms with E-state index in [1.165, 1.54) is 6.07 Å². The fraction of sp³-hybridized carbons (Fsp3) is 0.200. The Kier molecular flexibility index (Phi) is 4.16. The first-order valence-corrected chi connectivity index (χ1v) is 7.80. The van der Waals surface area contributed by atoms with Gasteiger partial charge in [0.05, 0.1) is 11.4 Å². The van der Waals surface area contributed by atoms with Crippen LogP contribution in [0, 0.1) is 6.92 Å². The summed E-state index contributed by atoms with van der Waals surface area (Å²) >= 11 is 1.15. The van der Waals surface area contributed by atoms with Crippen LogP contribution in [0.4, 0.5) is 5.69 Å². The molecule has 0 fully saturated rings. The van der Waals surface area contributed by atoms with Crippen LogP contribution in [0.1, 0.15) is 16.1 Å². The smallest absolute Gasteiger partial charge is 0.262 e. The number of aryl methyl sites for hydroxylation is 1. The maximum atomic E-state index is 12.3. The third kappa shape index (κ3) is 3.59. The molecule has 1 amide bonds. The highest BCUT2D eigenvalue weighted by atomic mass is 32.2. The first-order valence-electron chi connectivity index (χ1n) is 6.82. The molecule has 23 heavy (non-hydrogen) atoms. The molecule has 3 rings (SSSR count). The van der Waals surface area contributed by atoms with Gasteiger partial charge in [0, 0.05) is 17.3 Å². The van der Waals surface area contributed by atoms with Crippen LogP contribution in [0.5, 0.6) is 5.75 Å². The van der Waals surface area contributed by atoms with E-state index in [9.17, 15) is 14.4 Å². The van der Waals surface area contributed by atoms with E-state index in [1.807, 2.05) is 0 Å². The number of carbonyl (C=O) groups is 2. The number of rotatable bonds is 4. The normalized spacial score (nSPS) is 13.0. The predicted octanol–water partition coefficient (Wildman–Crippen LogP) is 1.38. The molecule has 1 aliphatic rings. The summed E-state index contributed by atoms with van der Waals surface area (Å²) < 4.78 is 5.25. The lowest BCUT2D eigenvalue weighted by molar-refractivity contribution is -0.118. The van der Waals surface area contributed by atoms with E-state index in [1.54, 1.807) is 25.1 Å². The SMILES string of the molecule is Cc1cc(=O)[nH]c(SCC(=O)c2ccc3c(c2)NC(=O)CO3)n1. The van der Waals surface area contributed by atoms with Crippen molar-refractivity contribution in [2.75, 3.05) is 17.7 Å². The lowest BCUT2D eigenvalue weighted by Gasteiger charge is -2.18. The van der Waals surface area contributed by atoms with E-state index in [-0.39, 0.29) is 29.6 Å². The van der Waals surface area contributed by atoms with Gasteiger partial charge < -0.3 is 15.0 Å². The molecule has 0 atom stereocenters. The fourth-order valence-electron chi connectivity index (χ4n) is 2.09. The van der Waals surface area contributed by atoms with Crippen molar-refractivity contribution in [3.8, 4) is 5.75 Å². The lowest BCUT2D eigenvalue weighted by Crippen LogP contribution is -2.25. The Morgan fingerprint density at radius 1 is 1.35 bits per heavy atom. The van der Waals surface area contributed by atoms with Crippen molar-refractivity contribution in [3.63, 3.8) is 0 Å². The quantitative estimate of drug-likeness (QED) is 0.499. The zero-order valence-corrected chi connectivity index (χ0v) is 13.0. The van der Waals surface area contributed by atoms with Crippen molar-refractivity contribution in [2.45, 2.75) is 12.1 Å². The number of fused-ring (bicyclic) bond motifs is 1. The van der Waals surface area contributed by atoms with Crippen LogP contribution in [0.3, 0.4) is 0 Å². The van der Waals surface area contributed by atoms with E-state index in [0.29, 0.717) is 27.9 Å². The highest BCUT2D eigenvalue weighted by molar-refractivity contribution is 7.99. The van der Waals surface area contributed by atoms with Crippen LogP contribution in [0.25, 0.3) is 0 Å². The molecule has 0 saturated heterocycles. The number of thioether (sulfide) groups is 1. The number of aromatic nitrogens is 2. The number of H-pyrrole nitrogens is 1. The van der Waals surface area contributed by atoms with Gasteiger partial charge in [-0.2, -0.15) is 0 Å². The second kappa shape index (κ2) is 6.25. The number of benzene rings is 1. The lowest BCUT2D eigenvalue weighted by atomic mass is 10.1. The van der Waals surface area contributed by atoms with Crippen LogP contribution < -0.4 is 15.6 Å². The molecule has 7 nitrogen and oxygen atoms in total. The molecular weight excluding hydrogens is 318 g/mol. The Labute approximate surface area is 135 Å². The van der Waals surface area contributed by atoms with Gasteiger partial charge in [-0.05, 0) is 25.1 Å². The second-order valence-corrected chi connectivity index (χ2v) is 5.92. The van der Waals surface area contributed by atoms with E-state index < -0.39 is 0 Å². The maximum absolute atomic E-state index is 12.3. The number of amides is 1. The van der Waals surface area contributed by atoms with E-state index in [2.05, 4.69) is 15.3 Å². The van der Waals surface area contributed by atoms with Gasteiger partial charge in [0.2, 0.25) is 0 Å². The minimum atomic E-state index is -0.252. The average Bonchev–Trinajstić information content (AvgIpc) is 2.51. The number of carbonyl (C=O) groups excluding carboxylic acids is 2. The summed E-state index contributed by atoms with van der Waals surface area (Å²) in [6, 6.07) is 6.27. The van der Waals surface area contributed by atoms with E-state index >= 15 is 0 Å². The predicted molar refractivity (Wildman–Crippen MR) is 85.2 cm³/mol. The Hall–Kier alpha value is -2.61. The highest BCUT2D eigenvalue weighted by Gasteiger charge is 2.18. The number of ketones is 1. The minimum Gasteiger partial charge on any atom is -0.482 e. The Bertz CT molecular complexity index is 847. The third-order valence-corrected chi connectivity index (χ3v) is 4.00. The summed E-state index contributed by atoms with van der Waals surface area (Å²) in [4.78, 5) is 41.7. The third-order valence-electron chi connectivity index (χ3n) is 3.12. The van der Waals surface area contributed by atoms with Gasteiger partial charge in [-0.1, -0.05) is 11.8 Å². The minimum absolute atomic E-state index is 0.0253. The molecule has 0 spiro atoms. The molecule has 2 N–H and O–H groups in total. The zero-order valence-electron chi connectivity index (χ0n) is 12.2. The number of nitrogens with one attached hydrogen (secondary N) is 2. The molecular formula is C15H13N3O4S. The van der Waals surface area contributed by atoms with Gasteiger partial charge in [0.1, 0.15) is 5.75 Å². The van der Waals surface area contributed by atoms with Crippen LogP contribution in [0.2, 0.25) is 0 Å². The molecule has 0 bridgehead atoms. The van der Waals surface area contributed by atoms with Crippen molar-refractivity contribution < 1.29 is 14.3 Å². The molecule has 1 aromatic carbocycles. The van der Waals surface area contributed by atoms with Crippen LogP contribution >= 0.6 is 11.8 Å². The van der Waals surface area contributed by atoms with Gasteiger partial charge in [-0.3, -0.25) is 14.4 Å². The summed E-state index contributed by atoms with van der Waals surface area (Å²) in [5.41, 5.74) is 1.29. The number of ether oxygens (including phenoxy) is 1. The molecule has 0 unspecified atom stereocenters. The molecule has 8 heteroatoms. The van der Waals surface area contributed by atoms with E-state index in [4.69, 9.17) is 4.74 Å². The molecule has 0 aliphatic carbocycles. The number of hydrogen-bond donors (Lipinski definition) is 2. The highest BCUT2D eigenvalue weighted by Crippen LogP contribution is 2.29. The standard InChI is InChI=1S/C15H13N3O4S/c1-8-4-13(20)18-15(16-8)23-7-11(19)9-2-3-12-10(5-9)17-14(21)6-22-12/h2-5H,6-7H2,1H3,(H,17,21)(H,16,18,20). The summed E-state index contributed by atoms with van der Waals surface area (Å²) in [6.45, 7) is 1.69. The summed E-state index contributed by atoms with van der Waals surface area (Å²) in [6.07, 6.45) is 0. The average molecular weight is 331 g/mol. The summed E-state index contributed by atoms with van der Waals surface area (Å²) in [5.74, 6) is 0.276. The number of hydrogen-bond acceptors (Lipinski definition) is 6. The molecule has 1 aliphatic heterocycles. The molecule has 0 radical (unpaired) electrons. The topological polar surface area (TPSA) is 101 Å². The Morgan fingerprint density at radius 2 is 2.17 bits per heavy atom. The van der Waals surface area contributed by atoms with Crippen LogP contribution in [-0.2, 0) is 4.79 Å². The largest absolute Gasteiger partial charge is 0.482 e. The number of anilines is 1. The molecule has 0 saturated carbocycles. The molecule has 2 aromatic rings. The maximum Gasteiger partial charge on any atom is 0.262 e. The first kappa shape index (κ1) is 15.3. The van der Waals surface area contributed by atoms with Crippen molar-refractivity contribution in [1.29, 1.82) is 0 Å². The van der Waals surface area contributed by atoms with Gasteiger partial charge in [-0.25, -0.2) is 4.98 Å². The van der Waals surface area contributed by atoms with Gasteiger partial charge in [0.25, 0.3) is 11.5 Å². The Morgan fingerprint density at radius 3 is 2.96 bits per heavy atom. The number of aromatic amines is 1. The monoisotopic (exact) mass is 331 g/mol. The van der Waals surface area contributed by atoms with Gasteiger partial charge >= 0.3 is 0 Å². The van der Waals surface area contributed by atoms with Gasteiger partial charge in [-0.15, -0.1) is 0 Å². The number of nitrogens with zero attached hydrogens (tertiary/aromatic N) is 1. The van der Waals surface area contributed by atoms with Crippen molar-refractivity contribution in [3.05, 3.63) is 45.9 Å². The number of Topliss-reactive ketones (excluding diaryl/α,β-unsaturated/α-hetero) is 1. The molecule has 118 valence electrons. The van der Waals surface area contributed by atoms with Crippen molar-refractivity contribution in [1.82, 2.24) is 9.97 Å². The van der Waals surface area contributed by atoms with Crippen molar-refractivity contribution >= 4 is 29.1 Å². The van der Waals surface area contributed by atoms with Crippen LogP contribution in [-0.4, -0.2) is 34.0 Å². The van der Waals surface area contributed by atoms with Gasteiger partial charge in [0.15, 0.2) is 17.5 Å². The second-order valence-electron chi connectivity index (χ2n) is 4.95. The zero-order chi connectivity index (χ0) is 16.4. The Balaban J connectivity index is 1.72.